The standard InChI is InChI=1S/3C16H20N/c1-11-6-7-13(3)15(9-11)16-10-12(2)8-14(4)17(16)5;2*1-11-9-14(4)17(5)15(10-11)16-12(2)7-6-8-13(16)3/h3*6-10H,1-5H3/q3*+1. The molecule has 0 amide bonds. The van der Waals surface area contributed by atoms with Gasteiger partial charge in [-0.3, -0.25) is 0 Å². The van der Waals surface area contributed by atoms with Gasteiger partial charge in [-0.1, -0.05) is 54.1 Å². The van der Waals surface area contributed by atoms with Crippen LogP contribution in [0, 0.1) is 83.1 Å². The van der Waals surface area contributed by atoms with E-state index in [0.29, 0.717) is 0 Å². The average Bonchev–Trinajstić information content (AvgIpc) is 3.05. The molecular formula is C48H60N3+3. The third kappa shape index (κ3) is 9.08. The molecule has 3 heteroatoms. The van der Waals surface area contributed by atoms with Crippen LogP contribution in [-0.4, -0.2) is 0 Å². The number of nitrogens with zero attached hydrogens (tertiary/aromatic N) is 3. The molecule has 51 heavy (non-hydrogen) atoms. The lowest BCUT2D eigenvalue weighted by molar-refractivity contribution is -0.666. The Kier molecular flexibility index (Phi) is 12.5. The van der Waals surface area contributed by atoms with E-state index >= 15 is 0 Å². The Labute approximate surface area is 308 Å². The number of hydrogen-bond donors (Lipinski definition) is 0. The highest BCUT2D eigenvalue weighted by Crippen LogP contribution is 2.27. The van der Waals surface area contributed by atoms with Crippen LogP contribution in [0.5, 0.6) is 0 Å². The van der Waals surface area contributed by atoms with Crippen LogP contribution < -0.4 is 13.7 Å². The van der Waals surface area contributed by atoms with Gasteiger partial charge in [0, 0.05) is 62.7 Å². The Balaban J connectivity index is 0.000000172. The quantitative estimate of drug-likeness (QED) is 0.165. The maximum atomic E-state index is 2.27. The summed E-state index contributed by atoms with van der Waals surface area (Å²) in [6.07, 6.45) is 0. The van der Waals surface area contributed by atoms with E-state index in [9.17, 15) is 0 Å². The number of hydrogen-bond acceptors (Lipinski definition) is 0. The molecule has 0 bridgehead atoms. The van der Waals surface area contributed by atoms with Gasteiger partial charge in [0.25, 0.3) is 0 Å². The van der Waals surface area contributed by atoms with Crippen molar-refractivity contribution in [2.24, 2.45) is 21.1 Å². The van der Waals surface area contributed by atoms with Crippen molar-refractivity contribution in [2.75, 3.05) is 0 Å². The molecule has 0 unspecified atom stereocenters. The lowest BCUT2D eigenvalue weighted by atomic mass is 9.98. The normalized spacial score (nSPS) is 10.6. The van der Waals surface area contributed by atoms with E-state index in [2.05, 4.69) is 209 Å². The summed E-state index contributed by atoms with van der Waals surface area (Å²) < 4.78 is 6.79. The molecule has 3 nitrogen and oxygen atoms in total. The molecule has 3 aromatic carbocycles. The Hall–Kier alpha value is -4.89. The van der Waals surface area contributed by atoms with Gasteiger partial charge >= 0.3 is 0 Å². The molecule has 0 aliphatic heterocycles. The molecule has 3 heterocycles. The molecule has 0 aliphatic rings. The largest absolute Gasteiger partial charge is 0.213 e. The van der Waals surface area contributed by atoms with E-state index in [1.165, 1.54) is 101 Å². The van der Waals surface area contributed by atoms with Crippen molar-refractivity contribution in [1.82, 2.24) is 0 Å². The Morgan fingerprint density at radius 3 is 1.02 bits per heavy atom. The Bertz CT molecular complexity index is 2060. The fourth-order valence-electron chi connectivity index (χ4n) is 7.10. The predicted octanol–water partition coefficient (Wildman–Crippen LogP) is 10.2. The fourth-order valence-corrected chi connectivity index (χ4v) is 7.10. The third-order valence-corrected chi connectivity index (χ3v) is 10.2. The summed E-state index contributed by atoms with van der Waals surface area (Å²) in [5.74, 6) is 0. The summed E-state index contributed by atoms with van der Waals surface area (Å²) in [6.45, 7) is 26.0. The summed E-state index contributed by atoms with van der Waals surface area (Å²) in [6, 6.07) is 33.0. The summed E-state index contributed by atoms with van der Waals surface area (Å²) in [5.41, 5.74) is 23.8. The summed E-state index contributed by atoms with van der Waals surface area (Å²) >= 11 is 0. The van der Waals surface area contributed by atoms with Gasteiger partial charge in [0.1, 0.15) is 21.1 Å². The topological polar surface area (TPSA) is 11.6 Å². The molecule has 0 aliphatic carbocycles. The van der Waals surface area contributed by atoms with E-state index in [-0.39, 0.29) is 0 Å². The summed E-state index contributed by atoms with van der Waals surface area (Å²) in [7, 11) is 6.40. The molecular weight excluding hydrogens is 619 g/mol. The maximum Gasteiger partial charge on any atom is 0.213 e. The van der Waals surface area contributed by atoms with Gasteiger partial charge in [0.2, 0.25) is 17.1 Å². The minimum Gasteiger partial charge on any atom is -0.199 e. The van der Waals surface area contributed by atoms with Crippen LogP contribution >= 0.6 is 0 Å². The smallest absolute Gasteiger partial charge is 0.199 e. The Morgan fingerprint density at radius 1 is 0.314 bits per heavy atom. The average molecular weight is 679 g/mol. The van der Waals surface area contributed by atoms with E-state index in [1.807, 2.05) is 0 Å². The molecule has 3 aromatic heterocycles. The molecule has 6 aromatic rings. The van der Waals surface area contributed by atoms with E-state index in [4.69, 9.17) is 0 Å². The maximum absolute atomic E-state index is 2.27. The zero-order valence-electron chi connectivity index (χ0n) is 34.0. The SMILES string of the molecule is Cc1cc(C)[n+](C)c(-c2c(C)cccc2C)c1.Cc1cc(C)[n+](C)c(-c2c(C)cccc2C)c1.Cc1ccc(C)c(-c2cc(C)cc(C)[n+]2C)c1. The third-order valence-electron chi connectivity index (χ3n) is 10.2. The second kappa shape index (κ2) is 16.4. The number of aromatic nitrogens is 3. The van der Waals surface area contributed by atoms with Crippen molar-refractivity contribution in [2.45, 2.75) is 83.1 Å². The van der Waals surface area contributed by atoms with Crippen LogP contribution in [0.4, 0.5) is 0 Å². The van der Waals surface area contributed by atoms with Crippen LogP contribution in [0.1, 0.15) is 67.2 Å². The van der Waals surface area contributed by atoms with Crippen LogP contribution in [-0.2, 0) is 21.1 Å². The Morgan fingerprint density at radius 2 is 0.647 bits per heavy atom. The lowest BCUT2D eigenvalue weighted by Gasteiger charge is -2.10. The van der Waals surface area contributed by atoms with Crippen LogP contribution in [0.25, 0.3) is 33.8 Å². The molecule has 0 N–H and O–H groups in total. The van der Waals surface area contributed by atoms with Gasteiger partial charge in [0.15, 0.2) is 17.1 Å². The summed E-state index contributed by atoms with van der Waals surface area (Å²) in [4.78, 5) is 0. The van der Waals surface area contributed by atoms with Gasteiger partial charge < -0.3 is 0 Å². The zero-order valence-corrected chi connectivity index (χ0v) is 34.0. The first-order valence-corrected chi connectivity index (χ1v) is 18.1. The minimum atomic E-state index is 1.29. The first-order valence-electron chi connectivity index (χ1n) is 18.1. The molecule has 0 radical (unpaired) electrons. The first kappa shape index (κ1) is 38.9. The van der Waals surface area contributed by atoms with E-state index < -0.39 is 0 Å². The minimum absolute atomic E-state index is 1.29. The van der Waals surface area contributed by atoms with Gasteiger partial charge in [-0.25, -0.2) is 0 Å². The summed E-state index contributed by atoms with van der Waals surface area (Å²) in [5, 5.41) is 0. The van der Waals surface area contributed by atoms with E-state index in [0.717, 1.165) is 0 Å². The predicted molar refractivity (Wildman–Crippen MR) is 216 cm³/mol. The molecule has 0 spiro atoms. The highest BCUT2D eigenvalue weighted by atomic mass is 15.0. The van der Waals surface area contributed by atoms with Crippen molar-refractivity contribution in [3.8, 4) is 33.8 Å². The molecule has 264 valence electrons. The zero-order chi connectivity index (χ0) is 37.7. The number of benzene rings is 3. The monoisotopic (exact) mass is 678 g/mol. The van der Waals surface area contributed by atoms with Gasteiger partial charge in [-0.2, -0.15) is 13.7 Å². The molecule has 6 rings (SSSR count). The molecule has 0 saturated heterocycles. The highest BCUT2D eigenvalue weighted by molar-refractivity contribution is 5.67. The molecule has 0 atom stereocenters. The van der Waals surface area contributed by atoms with Crippen molar-refractivity contribution >= 4 is 0 Å². The second-order valence-electron chi connectivity index (χ2n) is 14.7. The van der Waals surface area contributed by atoms with Crippen molar-refractivity contribution < 1.29 is 13.7 Å². The first-order chi connectivity index (χ1) is 24.0. The number of aryl methyl sites for hydroxylation is 12. The lowest BCUT2D eigenvalue weighted by Crippen LogP contribution is -2.35. The number of pyridine rings is 3. The van der Waals surface area contributed by atoms with Crippen molar-refractivity contribution in [3.05, 3.63) is 158 Å². The van der Waals surface area contributed by atoms with Crippen LogP contribution in [0.3, 0.4) is 0 Å². The van der Waals surface area contributed by atoms with Crippen molar-refractivity contribution in [3.63, 3.8) is 0 Å². The highest BCUT2D eigenvalue weighted by Gasteiger charge is 2.19. The van der Waals surface area contributed by atoms with Gasteiger partial charge in [-0.15, -0.1) is 0 Å². The van der Waals surface area contributed by atoms with Crippen molar-refractivity contribution in [1.29, 1.82) is 0 Å². The fraction of sp³-hybridized carbons (Fsp3) is 0.312. The second-order valence-corrected chi connectivity index (χ2v) is 14.7. The number of rotatable bonds is 3. The van der Waals surface area contributed by atoms with Crippen LogP contribution in [0.2, 0.25) is 0 Å². The molecule has 0 fully saturated rings. The van der Waals surface area contributed by atoms with E-state index in [1.54, 1.807) is 0 Å². The van der Waals surface area contributed by atoms with Gasteiger partial charge in [-0.05, 0) is 113 Å². The molecule has 0 saturated carbocycles. The van der Waals surface area contributed by atoms with Gasteiger partial charge in [0.05, 0.1) is 11.1 Å². The van der Waals surface area contributed by atoms with Crippen LogP contribution in [0.15, 0.2) is 91.0 Å².